The summed E-state index contributed by atoms with van der Waals surface area (Å²) in [6.07, 6.45) is 3.89. The number of sulfonamides is 1. The van der Waals surface area contributed by atoms with Gasteiger partial charge in [-0.1, -0.05) is 12.1 Å². The second-order valence-corrected chi connectivity index (χ2v) is 8.21. The van der Waals surface area contributed by atoms with Crippen LogP contribution in [-0.2, 0) is 17.1 Å². The van der Waals surface area contributed by atoms with Crippen LogP contribution in [0.1, 0.15) is 32.6 Å². The van der Waals surface area contributed by atoms with Crippen molar-refractivity contribution in [2.45, 2.75) is 49.2 Å². The number of rotatable bonds is 2. The molecule has 0 radical (unpaired) electrons. The summed E-state index contributed by atoms with van der Waals surface area (Å²) < 4.78 is 29.8. The lowest BCUT2D eigenvalue weighted by molar-refractivity contribution is 0.288. The molecular formula is C15H19N3O2S. The van der Waals surface area contributed by atoms with Gasteiger partial charge in [-0.25, -0.2) is 8.42 Å². The van der Waals surface area contributed by atoms with Crippen molar-refractivity contribution >= 4 is 20.9 Å². The fourth-order valence-electron chi connectivity index (χ4n) is 4.13. The zero-order valence-electron chi connectivity index (χ0n) is 12.3. The van der Waals surface area contributed by atoms with Crippen LogP contribution in [0.2, 0.25) is 0 Å². The van der Waals surface area contributed by atoms with E-state index in [0.717, 1.165) is 36.6 Å². The molecule has 0 atom stereocenters. The predicted octanol–water partition coefficient (Wildman–Crippen LogP) is 2.28. The Hall–Kier alpha value is -1.40. The van der Waals surface area contributed by atoms with Gasteiger partial charge in [0.15, 0.2) is 5.03 Å². The maximum Gasteiger partial charge on any atom is 0.261 e. The first-order chi connectivity index (χ1) is 9.93. The molecule has 0 amide bonds. The molecular weight excluding hydrogens is 286 g/mol. The van der Waals surface area contributed by atoms with Crippen LogP contribution in [0.5, 0.6) is 0 Å². The third-order valence-corrected chi connectivity index (χ3v) is 7.32. The molecule has 0 aliphatic carbocycles. The maximum atomic E-state index is 13.3. The van der Waals surface area contributed by atoms with Crippen molar-refractivity contribution in [3.8, 4) is 0 Å². The van der Waals surface area contributed by atoms with E-state index in [1.165, 1.54) is 4.68 Å². The van der Waals surface area contributed by atoms with Gasteiger partial charge in [-0.3, -0.25) is 4.68 Å². The number of aromatic nitrogens is 2. The molecule has 2 aliphatic heterocycles. The molecule has 5 nitrogen and oxygen atoms in total. The Kier molecular flexibility index (Phi) is 2.58. The van der Waals surface area contributed by atoms with E-state index >= 15 is 0 Å². The van der Waals surface area contributed by atoms with Gasteiger partial charge in [0.25, 0.3) is 10.0 Å². The SMILES string of the molecule is Cn1nc2ccccc2c1S(=O)(=O)N1C2CCC1(C)CC2. The molecule has 21 heavy (non-hydrogen) atoms. The summed E-state index contributed by atoms with van der Waals surface area (Å²) in [7, 11) is -1.80. The third kappa shape index (κ3) is 1.66. The van der Waals surface area contributed by atoms with Crippen LogP contribution in [-0.4, -0.2) is 34.1 Å². The molecule has 4 rings (SSSR count). The van der Waals surface area contributed by atoms with Gasteiger partial charge in [0.2, 0.25) is 0 Å². The van der Waals surface area contributed by atoms with Gasteiger partial charge in [-0.2, -0.15) is 9.40 Å². The second-order valence-electron chi connectivity index (χ2n) is 6.47. The summed E-state index contributed by atoms with van der Waals surface area (Å²) in [4.78, 5) is 0. The smallest absolute Gasteiger partial charge is 0.255 e. The summed E-state index contributed by atoms with van der Waals surface area (Å²) in [6.45, 7) is 2.08. The average molecular weight is 305 g/mol. The number of fused-ring (bicyclic) bond motifs is 3. The van der Waals surface area contributed by atoms with E-state index in [-0.39, 0.29) is 11.6 Å². The van der Waals surface area contributed by atoms with Gasteiger partial charge in [-0.05, 0) is 44.7 Å². The molecule has 0 saturated carbocycles. The van der Waals surface area contributed by atoms with Crippen molar-refractivity contribution in [1.29, 1.82) is 0 Å². The Bertz CT molecular complexity index is 817. The van der Waals surface area contributed by atoms with Crippen LogP contribution in [0.3, 0.4) is 0 Å². The van der Waals surface area contributed by atoms with E-state index in [0.29, 0.717) is 5.03 Å². The molecule has 2 fully saturated rings. The lowest BCUT2D eigenvalue weighted by atomic mass is 9.90. The maximum absolute atomic E-state index is 13.3. The lowest BCUT2D eigenvalue weighted by Crippen LogP contribution is -2.43. The summed E-state index contributed by atoms with van der Waals surface area (Å²) in [5.41, 5.74) is 0.518. The van der Waals surface area contributed by atoms with Crippen LogP contribution >= 0.6 is 0 Å². The normalized spacial score (nSPS) is 29.5. The van der Waals surface area contributed by atoms with E-state index in [1.807, 2.05) is 24.3 Å². The second kappa shape index (κ2) is 4.08. The van der Waals surface area contributed by atoms with Crippen LogP contribution in [0.15, 0.2) is 29.3 Å². The van der Waals surface area contributed by atoms with Gasteiger partial charge in [0.05, 0.1) is 5.52 Å². The van der Waals surface area contributed by atoms with Gasteiger partial charge in [0, 0.05) is 24.0 Å². The van der Waals surface area contributed by atoms with Crippen molar-refractivity contribution in [1.82, 2.24) is 14.1 Å². The largest absolute Gasteiger partial charge is 0.261 e. The van der Waals surface area contributed by atoms with Crippen molar-refractivity contribution < 1.29 is 8.42 Å². The fourth-order valence-corrected chi connectivity index (χ4v) is 6.51. The van der Waals surface area contributed by atoms with E-state index < -0.39 is 10.0 Å². The van der Waals surface area contributed by atoms with Crippen LogP contribution in [0.25, 0.3) is 10.9 Å². The van der Waals surface area contributed by atoms with Crippen molar-refractivity contribution in [2.24, 2.45) is 7.05 Å². The summed E-state index contributed by atoms with van der Waals surface area (Å²) in [5.74, 6) is 0. The van der Waals surface area contributed by atoms with Gasteiger partial charge in [0.1, 0.15) is 0 Å². The highest BCUT2D eigenvalue weighted by molar-refractivity contribution is 7.89. The molecule has 0 spiro atoms. The van der Waals surface area contributed by atoms with Crippen LogP contribution in [0, 0.1) is 0 Å². The third-order valence-electron chi connectivity index (χ3n) is 5.09. The Morgan fingerprint density at radius 3 is 2.52 bits per heavy atom. The highest BCUT2D eigenvalue weighted by Gasteiger charge is 2.55. The van der Waals surface area contributed by atoms with Crippen molar-refractivity contribution in [3.05, 3.63) is 24.3 Å². The molecule has 2 bridgehead atoms. The molecule has 3 heterocycles. The quantitative estimate of drug-likeness (QED) is 0.855. The first-order valence-electron chi connectivity index (χ1n) is 7.40. The van der Waals surface area contributed by atoms with Crippen molar-refractivity contribution in [3.63, 3.8) is 0 Å². The Morgan fingerprint density at radius 2 is 1.90 bits per heavy atom. The predicted molar refractivity (Wildman–Crippen MR) is 80.4 cm³/mol. The average Bonchev–Trinajstić information content (AvgIpc) is 3.04. The van der Waals surface area contributed by atoms with Gasteiger partial charge >= 0.3 is 0 Å². The number of nitrogens with zero attached hydrogens (tertiary/aromatic N) is 3. The summed E-state index contributed by atoms with van der Waals surface area (Å²) >= 11 is 0. The molecule has 112 valence electrons. The van der Waals surface area contributed by atoms with Gasteiger partial charge in [-0.15, -0.1) is 0 Å². The van der Waals surface area contributed by atoms with Gasteiger partial charge < -0.3 is 0 Å². The number of hydrogen-bond donors (Lipinski definition) is 0. The molecule has 6 heteroatoms. The minimum atomic E-state index is -3.51. The molecule has 1 aromatic heterocycles. The number of aryl methyl sites for hydroxylation is 1. The summed E-state index contributed by atoms with van der Waals surface area (Å²) in [6, 6.07) is 7.61. The Balaban J connectivity index is 1.94. The summed E-state index contributed by atoms with van der Waals surface area (Å²) in [5, 5.41) is 5.40. The van der Waals surface area contributed by atoms with Crippen LogP contribution in [0.4, 0.5) is 0 Å². The first kappa shape index (κ1) is 13.3. The first-order valence-corrected chi connectivity index (χ1v) is 8.84. The molecule has 0 N–H and O–H groups in total. The lowest BCUT2D eigenvalue weighted by Gasteiger charge is -2.30. The molecule has 0 unspecified atom stereocenters. The molecule has 2 aromatic rings. The molecule has 2 aliphatic rings. The van der Waals surface area contributed by atoms with E-state index in [9.17, 15) is 8.42 Å². The highest BCUT2D eigenvalue weighted by atomic mass is 32.2. The Morgan fingerprint density at radius 1 is 1.24 bits per heavy atom. The number of hydrogen-bond acceptors (Lipinski definition) is 3. The van der Waals surface area contributed by atoms with Crippen molar-refractivity contribution in [2.75, 3.05) is 0 Å². The monoisotopic (exact) mass is 305 g/mol. The minimum absolute atomic E-state index is 0.161. The standard InChI is InChI=1S/C15H19N3O2S/c1-15-9-7-11(8-10-15)18(15)21(19,20)14-12-5-3-4-6-13(12)16-17(14)2/h3-6,11H,7-10H2,1-2H3. The van der Waals surface area contributed by atoms with E-state index in [2.05, 4.69) is 12.0 Å². The van der Waals surface area contributed by atoms with Crippen LogP contribution < -0.4 is 0 Å². The zero-order chi connectivity index (χ0) is 14.8. The fraction of sp³-hybridized carbons (Fsp3) is 0.533. The van der Waals surface area contributed by atoms with E-state index in [1.54, 1.807) is 11.4 Å². The highest BCUT2D eigenvalue weighted by Crippen LogP contribution is 2.49. The molecule has 2 saturated heterocycles. The topological polar surface area (TPSA) is 55.2 Å². The molecule has 1 aromatic carbocycles. The zero-order valence-corrected chi connectivity index (χ0v) is 13.1. The number of benzene rings is 1. The van der Waals surface area contributed by atoms with E-state index in [4.69, 9.17) is 0 Å². The minimum Gasteiger partial charge on any atom is -0.255 e. The Labute approximate surface area is 124 Å².